The highest BCUT2D eigenvalue weighted by Crippen LogP contribution is 2.08. The van der Waals surface area contributed by atoms with Crippen LogP contribution in [-0.2, 0) is 11.3 Å². The van der Waals surface area contributed by atoms with Gasteiger partial charge >= 0.3 is 0 Å². The highest BCUT2D eigenvalue weighted by Gasteiger charge is 2.09. The SMILES string of the molecule is O=C(CNC(=O)c1ccccc1)NCc1ccc(F)cc1F. The summed E-state index contributed by atoms with van der Waals surface area (Å²) in [6.07, 6.45) is 0. The second-order valence-corrected chi connectivity index (χ2v) is 4.56. The lowest BCUT2D eigenvalue weighted by Gasteiger charge is -2.08. The number of amides is 2. The van der Waals surface area contributed by atoms with Gasteiger partial charge in [0.2, 0.25) is 5.91 Å². The molecule has 0 unspecified atom stereocenters. The molecule has 0 aliphatic rings. The highest BCUT2D eigenvalue weighted by molar-refractivity contribution is 5.96. The lowest BCUT2D eigenvalue weighted by molar-refractivity contribution is -0.120. The third-order valence-corrected chi connectivity index (χ3v) is 2.94. The Balaban J connectivity index is 1.80. The normalized spacial score (nSPS) is 10.1. The predicted octanol–water partition coefficient (Wildman–Crippen LogP) is 2.01. The van der Waals surface area contributed by atoms with E-state index in [0.717, 1.165) is 12.1 Å². The minimum Gasteiger partial charge on any atom is -0.350 e. The van der Waals surface area contributed by atoms with E-state index in [-0.39, 0.29) is 24.6 Å². The maximum atomic E-state index is 13.4. The van der Waals surface area contributed by atoms with Crippen molar-refractivity contribution in [1.29, 1.82) is 0 Å². The number of hydrogen-bond acceptors (Lipinski definition) is 2. The molecule has 2 N–H and O–H groups in total. The Morgan fingerprint density at radius 3 is 2.36 bits per heavy atom. The fourth-order valence-corrected chi connectivity index (χ4v) is 1.77. The van der Waals surface area contributed by atoms with Gasteiger partial charge in [-0.05, 0) is 18.2 Å². The molecule has 0 fully saturated rings. The van der Waals surface area contributed by atoms with Gasteiger partial charge in [0.05, 0.1) is 6.54 Å². The van der Waals surface area contributed by atoms with Crippen LogP contribution in [-0.4, -0.2) is 18.4 Å². The van der Waals surface area contributed by atoms with Gasteiger partial charge in [0.1, 0.15) is 11.6 Å². The van der Waals surface area contributed by atoms with E-state index in [0.29, 0.717) is 5.56 Å². The molecule has 2 amide bonds. The smallest absolute Gasteiger partial charge is 0.251 e. The molecule has 6 heteroatoms. The molecule has 0 saturated carbocycles. The van der Waals surface area contributed by atoms with Crippen molar-refractivity contribution in [2.75, 3.05) is 6.54 Å². The van der Waals surface area contributed by atoms with E-state index >= 15 is 0 Å². The number of rotatable bonds is 5. The number of nitrogens with one attached hydrogen (secondary N) is 2. The third kappa shape index (κ3) is 4.37. The average Bonchev–Trinajstić information content (AvgIpc) is 2.52. The maximum Gasteiger partial charge on any atom is 0.251 e. The second-order valence-electron chi connectivity index (χ2n) is 4.56. The van der Waals surface area contributed by atoms with Gasteiger partial charge in [-0.15, -0.1) is 0 Å². The topological polar surface area (TPSA) is 58.2 Å². The third-order valence-electron chi connectivity index (χ3n) is 2.94. The first-order chi connectivity index (χ1) is 10.6. The summed E-state index contributed by atoms with van der Waals surface area (Å²) in [5, 5.41) is 4.90. The fraction of sp³-hybridized carbons (Fsp3) is 0.125. The van der Waals surface area contributed by atoms with E-state index in [4.69, 9.17) is 0 Å². The van der Waals surface area contributed by atoms with Crippen LogP contribution in [0.1, 0.15) is 15.9 Å². The van der Waals surface area contributed by atoms with Crippen molar-refractivity contribution in [2.45, 2.75) is 6.54 Å². The molecule has 0 heterocycles. The zero-order valence-electron chi connectivity index (χ0n) is 11.6. The zero-order valence-corrected chi connectivity index (χ0v) is 11.6. The van der Waals surface area contributed by atoms with Gasteiger partial charge in [0.15, 0.2) is 0 Å². The van der Waals surface area contributed by atoms with Crippen LogP contribution >= 0.6 is 0 Å². The lowest BCUT2D eigenvalue weighted by Crippen LogP contribution is -2.36. The van der Waals surface area contributed by atoms with E-state index in [2.05, 4.69) is 10.6 Å². The quantitative estimate of drug-likeness (QED) is 0.888. The lowest BCUT2D eigenvalue weighted by atomic mass is 10.2. The molecule has 0 aliphatic carbocycles. The number of carbonyl (C=O) groups is 2. The molecule has 2 aromatic carbocycles. The molecule has 0 spiro atoms. The molecule has 0 aromatic heterocycles. The Hall–Kier alpha value is -2.76. The summed E-state index contributed by atoms with van der Waals surface area (Å²) in [7, 11) is 0. The fourth-order valence-electron chi connectivity index (χ4n) is 1.77. The Kier molecular flexibility index (Phi) is 5.19. The molecular weight excluding hydrogens is 290 g/mol. The van der Waals surface area contributed by atoms with Gasteiger partial charge in [-0.2, -0.15) is 0 Å². The molecule has 0 aliphatic heterocycles. The number of carbonyl (C=O) groups excluding carboxylic acids is 2. The minimum atomic E-state index is -0.728. The molecule has 2 rings (SSSR count). The van der Waals surface area contributed by atoms with Crippen LogP contribution in [0.5, 0.6) is 0 Å². The van der Waals surface area contributed by atoms with E-state index in [9.17, 15) is 18.4 Å². The molecule has 0 radical (unpaired) electrons. The van der Waals surface area contributed by atoms with Gasteiger partial charge in [-0.1, -0.05) is 24.3 Å². The zero-order chi connectivity index (χ0) is 15.9. The summed E-state index contributed by atoms with van der Waals surface area (Å²) in [6.45, 7) is -0.303. The van der Waals surface area contributed by atoms with Gasteiger partial charge in [-0.25, -0.2) is 8.78 Å². The van der Waals surface area contributed by atoms with Crippen LogP contribution < -0.4 is 10.6 Å². The Bertz CT molecular complexity index is 675. The van der Waals surface area contributed by atoms with Crippen LogP contribution in [0.3, 0.4) is 0 Å². The van der Waals surface area contributed by atoms with Crippen molar-refractivity contribution < 1.29 is 18.4 Å². The Morgan fingerprint density at radius 2 is 1.68 bits per heavy atom. The van der Waals surface area contributed by atoms with E-state index in [1.807, 2.05) is 0 Å². The Morgan fingerprint density at radius 1 is 0.955 bits per heavy atom. The van der Waals surface area contributed by atoms with Crippen LogP contribution in [0, 0.1) is 11.6 Å². The first-order valence-corrected chi connectivity index (χ1v) is 6.60. The van der Waals surface area contributed by atoms with Gasteiger partial charge in [0, 0.05) is 23.7 Å². The largest absolute Gasteiger partial charge is 0.350 e. The summed E-state index contributed by atoms with van der Waals surface area (Å²) in [6, 6.07) is 11.6. The molecule has 0 saturated heterocycles. The number of hydrogen-bond donors (Lipinski definition) is 2. The van der Waals surface area contributed by atoms with Crippen LogP contribution in [0.15, 0.2) is 48.5 Å². The molecule has 114 valence electrons. The molecule has 0 atom stereocenters. The number of halogens is 2. The van der Waals surface area contributed by atoms with Crippen molar-refractivity contribution >= 4 is 11.8 Å². The van der Waals surface area contributed by atoms with Crippen LogP contribution in [0.25, 0.3) is 0 Å². The average molecular weight is 304 g/mol. The molecule has 22 heavy (non-hydrogen) atoms. The Labute approximate surface area is 126 Å². The van der Waals surface area contributed by atoms with E-state index < -0.39 is 17.5 Å². The van der Waals surface area contributed by atoms with Gasteiger partial charge < -0.3 is 10.6 Å². The predicted molar refractivity (Wildman–Crippen MR) is 77.0 cm³/mol. The van der Waals surface area contributed by atoms with Crippen molar-refractivity contribution in [2.24, 2.45) is 0 Å². The van der Waals surface area contributed by atoms with E-state index in [1.54, 1.807) is 30.3 Å². The summed E-state index contributed by atoms with van der Waals surface area (Å²) in [4.78, 5) is 23.3. The van der Waals surface area contributed by atoms with Crippen LogP contribution in [0.2, 0.25) is 0 Å². The molecule has 2 aromatic rings. The van der Waals surface area contributed by atoms with Crippen molar-refractivity contribution in [3.8, 4) is 0 Å². The first-order valence-electron chi connectivity index (χ1n) is 6.60. The first kappa shape index (κ1) is 15.6. The molecule has 4 nitrogen and oxygen atoms in total. The minimum absolute atomic E-state index is 0.0772. The monoisotopic (exact) mass is 304 g/mol. The van der Waals surface area contributed by atoms with Crippen molar-refractivity contribution in [3.05, 3.63) is 71.3 Å². The van der Waals surface area contributed by atoms with Crippen molar-refractivity contribution in [3.63, 3.8) is 0 Å². The second kappa shape index (κ2) is 7.31. The van der Waals surface area contributed by atoms with Gasteiger partial charge in [-0.3, -0.25) is 9.59 Å². The highest BCUT2D eigenvalue weighted by atomic mass is 19.1. The van der Waals surface area contributed by atoms with Gasteiger partial charge in [0.25, 0.3) is 5.91 Å². The van der Waals surface area contributed by atoms with Crippen LogP contribution in [0.4, 0.5) is 8.78 Å². The maximum absolute atomic E-state index is 13.4. The van der Waals surface area contributed by atoms with Crippen molar-refractivity contribution in [1.82, 2.24) is 10.6 Å². The molecular formula is C16H14F2N2O2. The summed E-state index contributed by atoms with van der Waals surface area (Å²) in [5.74, 6) is -2.24. The number of benzene rings is 2. The van der Waals surface area contributed by atoms with E-state index in [1.165, 1.54) is 6.07 Å². The summed E-state index contributed by atoms with van der Waals surface area (Å²) >= 11 is 0. The standard InChI is InChI=1S/C16H14F2N2O2/c17-13-7-6-12(14(18)8-13)9-19-15(21)10-20-16(22)11-4-2-1-3-5-11/h1-8H,9-10H2,(H,19,21)(H,20,22). The molecule has 0 bridgehead atoms. The summed E-state index contributed by atoms with van der Waals surface area (Å²) in [5.41, 5.74) is 0.615. The summed E-state index contributed by atoms with van der Waals surface area (Å²) < 4.78 is 26.1.